The molecule has 5 nitrogen and oxygen atoms in total. The first-order chi connectivity index (χ1) is 9.37. The SMILES string of the molecule is CN(C(=O)NCC1CNC(=O)C1)C1CCC(C)(C)CC1. The molecule has 2 fully saturated rings. The van der Waals surface area contributed by atoms with E-state index in [0.717, 1.165) is 12.8 Å². The highest BCUT2D eigenvalue weighted by Crippen LogP contribution is 2.36. The first kappa shape index (κ1) is 15.1. The maximum absolute atomic E-state index is 12.2. The van der Waals surface area contributed by atoms with Crippen molar-refractivity contribution >= 4 is 11.9 Å². The molecule has 2 N–H and O–H groups in total. The van der Waals surface area contributed by atoms with Gasteiger partial charge in [-0.1, -0.05) is 13.8 Å². The van der Waals surface area contributed by atoms with Crippen LogP contribution < -0.4 is 10.6 Å². The summed E-state index contributed by atoms with van der Waals surface area (Å²) in [5.74, 6) is 0.331. The summed E-state index contributed by atoms with van der Waals surface area (Å²) < 4.78 is 0. The van der Waals surface area contributed by atoms with Crippen molar-refractivity contribution in [3.8, 4) is 0 Å². The number of carbonyl (C=O) groups excluding carboxylic acids is 2. The molecule has 1 atom stereocenters. The molecule has 1 aliphatic carbocycles. The maximum Gasteiger partial charge on any atom is 0.317 e. The van der Waals surface area contributed by atoms with Crippen LogP contribution in [-0.4, -0.2) is 43.0 Å². The van der Waals surface area contributed by atoms with Gasteiger partial charge < -0.3 is 15.5 Å². The Labute approximate surface area is 121 Å². The van der Waals surface area contributed by atoms with E-state index in [-0.39, 0.29) is 17.9 Å². The van der Waals surface area contributed by atoms with E-state index < -0.39 is 0 Å². The molecule has 2 rings (SSSR count). The third-order valence-electron chi connectivity index (χ3n) is 4.78. The summed E-state index contributed by atoms with van der Waals surface area (Å²) >= 11 is 0. The third-order valence-corrected chi connectivity index (χ3v) is 4.78. The van der Waals surface area contributed by atoms with Gasteiger partial charge in [-0.05, 0) is 31.1 Å². The molecule has 3 amide bonds. The highest BCUT2D eigenvalue weighted by atomic mass is 16.2. The van der Waals surface area contributed by atoms with Gasteiger partial charge in [0.05, 0.1) is 0 Å². The normalized spacial score (nSPS) is 26.1. The molecule has 0 aromatic carbocycles. The fourth-order valence-corrected chi connectivity index (χ4v) is 3.10. The lowest BCUT2D eigenvalue weighted by atomic mass is 9.75. The van der Waals surface area contributed by atoms with Gasteiger partial charge in [-0.3, -0.25) is 4.79 Å². The second-order valence-electron chi connectivity index (χ2n) is 7.07. The molecule has 5 heteroatoms. The first-order valence-corrected chi connectivity index (χ1v) is 7.65. The molecule has 114 valence electrons. The highest BCUT2D eigenvalue weighted by Gasteiger charge is 2.31. The average molecular weight is 281 g/mol. The van der Waals surface area contributed by atoms with Gasteiger partial charge >= 0.3 is 6.03 Å². The summed E-state index contributed by atoms with van der Waals surface area (Å²) in [6, 6.07) is 0.348. The molecule has 2 aliphatic rings. The molecule has 1 unspecified atom stereocenters. The second-order valence-corrected chi connectivity index (χ2v) is 7.07. The Morgan fingerprint density at radius 1 is 1.40 bits per heavy atom. The molecular weight excluding hydrogens is 254 g/mol. The fraction of sp³-hybridized carbons (Fsp3) is 0.867. The summed E-state index contributed by atoms with van der Waals surface area (Å²) in [4.78, 5) is 25.1. The maximum atomic E-state index is 12.2. The Bertz CT molecular complexity index is 371. The lowest BCUT2D eigenvalue weighted by molar-refractivity contribution is -0.119. The number of hydrogen-bond acceptors (Lipinski definition) is 2. The van der Waals surface area contributed by atoms with Gasteiger partial charge in [0.25, 0.3) is 0 Å². The van der Waals surface area contributed by atoms with Crippen LogP contribution in [0.15, 0.2) is 0 Å². The van der Waals surface area contributed by atoms with Gasteiger partial charge in [-0.25, -0.2) is 4.79 Å². The molecule has 1 saturated heterocycles. The van der Waals surface area contributed by atoms with Crippen molar-refractivity contribution < 1.29 is 9.59 Å². The van der Waals surface area contributed by atoms with Crippen LogP contribution in [0, 0.1) is 11.3 Å². The third kappa shape index (κ3) is 3.87. The van der Waals surface area contributed by atoms with Crippen LogP contribution in [0.3, 0.4) is 0 Å². The summed E-state index contributed by atoms with van der Waals surface area (Å²) in [5.41, 5.74) is 0.420. The predicted octanol–water partition coefficient (Wildman–Crippen LogP) is 1.73. The van der Waals surface area contributed by atoms with Crippen LogP contribution in [0.1, 0.15) is 46.0 Å². The zero-order valence-corrected chi connectivity index (χ0v) is 12.9. The van der Waals surface area contributed by atoms with Crippen LogP contribution >= 0.6 is 0 Å². The topological polar surface area (TPSA) is 61.4 Å². The molecule has 0 aromatic rings. The van der Waals surface area contributed by atoms with Gasteiger partial charge in [-0.2, -0.15) is 0 Å². The quantitative estimate of drug-likeness (QED) is 0.827. The van der Waals surface area contributed by atoms with Gasteiger partial charge in [0.1, 0.15) is 0 Å². The van der Waals surface area contributed by atoms with Crippen LogP contribution in [0.2, 0.25) is 0 Å². The number of urea groups is 1. The summed E-state index contributed by atoms with van der Waals surface area (Å²) in [5, 5.41) is 5.75. The van der Waals surface area contributed by atoms with Crippen LogP contribution in [0.4, 0.5) is 4.79 Å². The van der Waals surface area contributed by atoms with Gasteiger partial charge in [-0.15, -0.1) is 0 Å². The Kier molecular flexibility index (Phi) is 4.55. The molecule has 1 saturated carbocycles. The molecular formula is C15H27N3O2. The molecule has 20 heavy (non-hydrogen) atoms. The van der Waals surface area contributed by atoms with E-state index in [9.17, 15) is 9.59 Å². The lowest BCUT2D eigenvalue weighted by Gasteiger charge is -2.38. The van der Waals surface area contributed by atoms with Crippen molar-refractivity contribution in [3.63, 3.8) is 0 Å². The van der Waals surface area contributed by atoms with Gasteiger partial charge in [0, 0.05) is 38.5 Å². The minimum absolute atomic E-state index is 0.00550. The molecule has 0 bridgehead atoms. The standard InChI is InChI=1S/C15H27N3O2/c1-15(2)6-4-12(5-7-15)18(3)14(20)17-10-11-8-13(19)16-9-11/h11-12H,4-10H2,1-3H3,(H,16,19)(H,17,20). The van der Waals surface area contributed by atoms with Crippen molar-refractivity contribution in [3.05, 3.63) is 0 Å². The summed E-state index contributed by atoms with van der Waals surface area (Å²) in [6.07, 6.45) is 5.05. The molecule has 0 spiro atoms. The highest BCUT2D eigenvalue weighted by molar-refractivity contribution is 5.78. The average Bonchev–Trinajstić information content (AvgIpc) is 2.81. The molecule has 1 aliphatic heterocycles. The van der Waals surface area contributed by atoms with Crippen molar-refractivity contribution in [1.29, 1.82) is 0 Å². The smallest absolute Gasteiger partial charge is 0.317 e. The number of rotatable bonds is 3. The van der Waals surface area contributed by atoms with E-state index in [1.807, 2.05) is 11.9 Å². The largest absolute Gasteiger partial charge is 0.356 e. The molecule has 1 heterocycles. The van der Waals surface area contributed by atoms with Crippen LogP contribution in [0.25, 0.3) is 0 Å². The van der Waals surface area contributed by atoms with Crippen LogP contribution in [-0.2, 0) is 4.79 Å². The van der Waals surface area contributed by atoms with E-state index in [1.54, 1.807) is 0 Å². The predicted molar refractivity (Wildman–Crippen MR) is 78.3 cm³/mol. The number of hydrogen-bond donors (Lipinski definition) is 2. The molecule has 0 aromatic heterocycles. The van der Waals surface area contributed by atoms with Crippen molar-refractivity contribution in [2.24, 2.45) is 11.3 Å². The zero-order chi connectivity index (χ0) is 14.8. The molecule has 0 radical (unpaired) electrons. The number of nitrogens with one attached hydrogen (secondary N) is 2. The Morgan fingerprint density at radius 2 is 2.05 bits per heavy atom. The van der Waals surface area contributed by atoms with Gasteiger partial charge in [0.2, 0.25) is 5.91 Å². The fourth-order valence-electron chi connectivity index (χ4n) is 3.10. The van der Waals surface area contributed by atoms with E-state index in [0.29, 0.717) is 31.0 Å². The Morgan fingerprint density at radius 3 is 2.60 bits per heavy atom. The van der Waals surface area contributed by atoms with E-state index in [2.05, 4.69) is 24.5 Å². The Balaban J connectivity index is 1.73. The summed E-state index contributed by atoms with van der Waals surface area (Å²) in [7, 11) is 1.89. The number of nitrogens with zero attached hydrogens (tertiary/aromatic N) is 1. The van der Waals surface area contributed by atoms with Crippen molar-refractivity contribution in [2.75, 3.05) is 20.1 Å². The summed E-state index contributed by atoms with van der Waals surface area (Å²) in [6.45, 7) is 5.86. The van der Waals surface area contributed by atoms with Crippen molar-refractivity contribution in [1.82, 2.24) is 15.5 Å². The lowest BCUT2D eigenvalue weighted by Crippen LogP contribution is -2.47. The van der Waals surface area contributed by atoms with E-state index in [1.165, 1.54) is 12.8 Å². The minimum atomic E-state index is -0.00550. The minimum Gasteiger partial charge on any atom is -0.356 e. The van der Waals surface area contributed by atoms with Crippen LogP contribution in [0.5, 0.6) is 0 Å². The number of carbonyl (C=O) groups is 2. The zero-order valence-electron chi connectivity index (χ0n) is 12.9. The Hall–Kier alpha value is -1.26. The number of amides is 3. The van der Waals surface area contributed by atoms with Gasteiger partial charge in [0.15, 0.2) is 0 Å². The van der Waals surface area contributed by atoms with E-state index >= 15 is 0 Å². The monoisotopic (exact) mass is 281 g/mol. The van der Waals surface area contributed by atoms with E-state index in [4.69, 9.17) is 0 Å². The second kappa shape index (κ2) is 6.02. The van der Waals surface area contributed by atoms with Crippen molar-refractivity contribution in [2.45, 2.75) is 52.0 Å². The first-order valence-electron chi connectivity index (χ1n) is 7.65.